The minimum atomic E-state index is -1.09. The van der Waals surface area contributed by atoms with Crippen LogP contribution >= 0.6 is 0 Å². The van der Waals surface area contributed by atoms with Crippen LogP contribution in [0.3, 0.4) is 0 Å². The molecule has 0 aromatic carbocycles. The molecule has 1 N–H and O–H groups in total. The third-order valence-corrected chi connectivity index (χ3v) is 5.20. The summed E-state index contributed by atoms with van der Waals surface area (Å²) in [5.74, 6) is -0.246. The Labute approximate surface area is 135 Å². The molecule has 2 amide bonds. The minimum absolute atomic E-state index is 0.0293. The first-order valence-electron chi connectivity index (χ1n) is 8.02. The Balaban J connectivity index is 1.78. The van der Waals surface area contributed by atoms with Gasteiger partial charge in [-0.3, -0.25) is 9.69 Å². The van der Waals surface area contributed by atoms with Gasteiger partial charge >= 0.3 is 6.09 Å². The Bertz CT molecular complexity index is 558. The number of nitriles is 1. The SMILES string of the molecule is C=CCO[C@@H]1C[C@@H]2C[C@H]1N(C(=O)O)[C@@H]2C(=O)N1CCC[C@H]1C#N. The fraction of sp³-hybridized carbons (Fsp3) is 0.688. The van der Waals surface area contributed by atoms with Crippen molar-refractivity contribution in [2.24, 2.45) is 5.92 Å². The van der Waals surface area contributed by atoms with Crippen LogP contribution in [0.4, 0.5) is 4.79 Å². The van der Waals surface area contributed by atoms with Crippen molar-refractivity contribution in [3.05, 3.63) is 12.7 Å². The molecule has 1 aliphatic carbocycles. The summed E-state index contributed by atoms with van der Waals surface area (Å²) in [5.41, 5.74) is 0. The molecule has 5 atom stereocenters. The average Bonchev–Trinajstić information content (AvgIpc) is 3.24. The summed E-state index contributed by atoms with van der Waals surface area (Å²) in [4.78, 5) is 27.4. The van der Waals surface area contributed by atoms with Crippen molar-refractivity contribution in [1.82, 2.24) is 9.80 Å². The number of hydrogen-bond donors (Lipinski definition) is 1. The largest absolute Gasteiger partial charge is 0.465 e. The molecule has 2 bridgehead atoms. The zero-order valence-electron chi connectivity index (χ0n) is 12.9. The van der Waals surface area contributed by atoms with Crippen molar-refractivity contribution < 1.29 is 19.4 Å². The first-order chi connectivity index (χ1) is 11.1. The van der Waals surface area contributed by atoms with Crippen molar-refractivity contribution in [3.63, 3.8) is 0 Å². The number of rotatable bonds is 4. The number of fused-ring (bicyclic) bond motifs is 2. The number of amides is 2. The standard InChI is InChI=1S/C16H21N3O4/c1-2-6-23-13-8-10-7-12(13)19(16(21)22)14(10)15(20)18-5-3-4-11(18)9-17/h2,10-14H,1,3-8H2,(H,21,22)/t10-,11-,12+,13+,14-/m0/s1. The van der Waals surface area contributed by atoms with Crippen LogP contribution < -0.4 is 0 Å². The summed E-state index contributed by atoms with van der Waals surface area (Å²) in [5, 5.41) is 18.7. The first-order valence-corrected chi connectivity index (χ1v) is 8.02. The highest BCUT2D eigenvalue weighted by Gasteiger charge is 2.57. The Morgan fingerprint density at radius 3 is 2.87 bits per heavy atom. The Hall–Kier alpha value is -2.07. The van der Waals surface area contributed by atoms with Gasteiger partial charge in [0.2, 0.25) is 5.91 Å². The molecule has 2 aliphatic heterocycles. The summed E-state index contributed by atoms with van der Waals surface area (Å²) in [7, 11) is 0. The molecule has 3 rings (SSSR count). The maximum atomic E-state index is 12.9. The molecule has 124 valence electrons. The first kappa shape index (κ1) is 15.8. The molecule has 23 heavy (non-hydrogen) atoms. The lowest BCUT2D eigenvalue weighted by atomic mass is 9.96. The fourth-order valence-corrected chi connectivity index (χ4v) is 4.28. The number of hydrogen-bond acceptors (Lipinski definition) is 4. The lowest BCUT2D eigenvalue weighted by Gasteiger charge is -2.38. The van der Waals surface area contributed by atoms with Crippen LogP contribution in [0.15, 0.2) is 12.7 Å². The number of carbonyl (C=O) groups is 2. The molecule has 7 nitrogen and oxygen atoms in total. The topological polar surface area (TPSA) is 93.9 Å². The maximum Gasteiger partial charge on any atom is 0.408 e. The van der Waals surface area contributed by atoms with Gasteiger partial charge in [-0.25, -0.2) is 4.79 Å². The summed E-state index contributed by atoms with van der Waals surface area (Å²) in [6.45, 7) is 4.52. The van der Waals surface area contributed by atoms with Crippen LogP contribution in [-0.4, -0.2) is 64.3 Å². The fourth-order valence-electron chi connectivity index (χ4n) is 4.28. The quantitative estimate of drug-likeness (QED) is 0.786. The maximum absolute atomic E-state index is 12.9. The minimum Gasteiger partial charge on any atom is -0.465 e. The molecule has 3 fully saturated rings. The smallest absolute Gasteiger partial charge is 0.408 e. The number of nitrogens with zero attached hydrogens (tertiary/aromatic N) is 3. The second-order valence-electron chi connectivity index (χ2n) is 6.41. The Morgan fingerprint density at radius 2 is 2.22 bits per heavy atom. The molecule has 1 saturated carbocycles. The predicted octanol–water partition coefficient (Wildman–Crippen LogP) is 1.21. The van der Waals surface area contributed by atoms with Gasteiger partial charge in [0.05, 0.1) is 24.8 Å². The molecule has 7 heteroatoms. The van der Waals surface area contributed by atoms with Gasteiger partial charge in [0.25, 0.3) is 0 Å². The molecule has 0 spiro atoms. The van der Waals surface area contributed by atoms with E-state index in [1.807, 2.05) is 0 Å². The van der Waals surface area contributed by atoms with Gasteiger partial charge in [0.15, 0.2) is 0 Å². The zero-order valence-corrected chi connectivity index (χ0v) is 12.9. The van der Waals surface area contributed by atoms with Gasteiger partial charge < -0.3 is 14.7 Å². The molecule has 0 aromatic heterocycles. The van der Waals surface area contributed by atoms with E-state index in [1.54, 1.807) is 11.0 Å². The number of ether oxygens (including phenoxy) is 1. The summed E-state index contributed by atoms with van der Waals surface area (Å²) in [6.07, 6.45) is 3.17. The molecule has 2 heterocycles. The van der Waals surface area contributed by atoms with Crippen molar-refractivity contribution in [3.8, 4) is 6.07 Å². The molecule has 0 aromatic rings. The van der Waals surface area contributed by atoms with Gasteiger partial charge in [0, 0.05) is 6.54 Å². The summed E-state index contributed by atoms with van der Waals surface area (Å²) in [6, 6.07) is 0.767. The molecule has 0 unspecified atom stereocenters. The van der Waals surface area contributed by atoms with E-state index in [-0.39, 0.29) is 24.0 Å². The second kappa shape index (κ2) is 6.20. The summed E-state index contributed by atoms with van der Waals surface area (Å²) < 4.78 is 5.66. The number of carboxylic acid groups (broad SMARTS) is 1. The molecular weight excluding hydrogens is 298 g/mol. The van der Waals surface area contributed by atoms with E-state index in [2.05, 4.69) is 12.6 Å². The lowest BCUT2D eigenvalue weighted by molar-refractivity contribution is -0.139. The van der Waals surface area contributed by atoms with Crippen LogP contribution in [0.1, 0.15) is 25.7 Å². The van der Waals surface area contributed by atoms with Crippen LogP contribution in [-0.2, 0) is 9.53 Å². The highest BCUT2D eigenvalue weighted by atomic mass is 16.5. The van der Waals surface area contributed by atoms with Gasteiger partial charge in [-0.05, 0) is 31.6 Å². The van der Waals surface area contributed by atoms with Crippen molar-refractivity contribution in [1.29, 1.82) is 5.26 Å². The monoisotopic (exact) mass is 319 g/mol. The van der Waals surface area contributed by atoms with E-state index in [1.165, 1.54) is 4.90 Å². The Kier molecular flexibility index (Phi) is 4.26. The molecule has 0 radical (unpaired) electrons. The third kappa shape index (κ3) is 2.57. The Morgan fingerprint density at radius 1 is 1.43 bits per heavy atom. The van der Waals surface area contributed by atoms with E-state index in [0.717, 1.165) is 6.42 Å². The lowest BCUT2D eigenvalue weighted by Crippen LogP contribution is -2.57. The highest BCUT2D eigenvalue weighted by Crippen LogP contribution is 2.45. The predicted molar refractivity (Wildman–Crippen MR) is 80.4 cm³/mol. The van der Waals surface area contributed by atoms with E-state index < -0.39 is 18.2 Å². The highest BCUT2D eigenvalue weighted by molar-refractivity contribution is 5.87. The van der Waals surface area contributed by atoms with E-state index in [4.69, 9.17) is 4.74 Å². The van der Waals surface area contributed by atoms with Gasteiger partial charge in [-0.2, -0.15) is 5.26 Å². The van der Waals surface area contributed by atoms with Gasteiger partial charge in [-0.1, -0.05) is 6.08 Å². The van der Waals surface area contributed by atoms with Crippen molar-refractivity contribution in [2.75, 3.05) is 13.2 Å². The number of carbonyl (C=O) groups excluding carboxylic acids is 1. The molecule has 3 aliphatic rings. The van der Waals surface area contributed by atoms with E-state index in [0.29, 0.717) is 32.4 Å². The van der Waals surface area contributed by atoms with E-state index in [9.17, 15) is 20.0 Å². The molecular formula is C16H21N3O4. The van der Waals surface area contributed by atoms with Crippen LogP contribution in [0.25, 0.3) is 0 Å². The van der Waals surface area contributed by atoms with Gasteiger partial charge in [0.1, 0.15) is 12.1 Å². The third-order valence-electron chi connectivity index (χ3n) is 5.20. The van der Waals surface area contributed by atoms with Crippen LogP contribution in [0.5, 0.6) is 0 Å². The normalized spacial score (nSPS) is 35.3. The van der Waals surface area contributed by atoms with Crippen molar-refractivity contribution >= 4 is 12.0 Å². The second-order valence-corrected chi connectivity index (χ2v) is 6.41. The van der Waals surface area contributed by atoms with E-state index >= 15 is 0 Å². The summed E-state index contributed by atoms with van der Waals surface area (Å²) >= 11 is 0. The van der Waals surface area contributed by atoms with Crippen LogP contribution in [0.2, 0.25) is 0 Å². The average molecular weight is 319 g/mol. The van der Waals surface area contributed by atoms with Crippen LogP contribution in [0, 0.1) is 17.2 Å². The zero-order chi connectivity index (χ0) is 16.6. The molecule has 2 saturated heterocycles. The van der Waals surface area contributed by atoms with Gasteiger partial charge in [-0.15, -0.1) is 6.58 Å². The van der Waals surface area contributed by atoms with Crippen molar-refractivity contribution in [2.45, 2.75) is 49.9 Å². The number of likely N-dealkylation sites (tertiary alicyclic amines) is 2. The number of piperidine rings is 1.